The van der Waals surface area contributed by atoms with Gasteiger partial charge in [0, 0.05) is 18.0 Å². The summed E-state index contributed by atoms with van der Waals surface area (Å²) in [5, 5.41) is 0. The van der Waals surface area contributed by atoms with Crippen LogP contribution >= 0.6 is 11.3 Å². The molecule has 1 aromatic carbocycles. The molecule has 6 nitrogen and oxygen atoms in total. The molecule has 1 atom stereocenters. The lowest BCUT2D eigenvalue weighted by Gasteiger charge is -2.31. The summed E-state index contributed by atoms with van der Waals surface area (Å²) >= 11 is 1.30. The van der Waals surface area contributed by atoms with E-state index in [4.69, 9.17) is 5.73 Å². The van der Waals surface area contributed by atoms with Crippen molar-refractivity contribution in [2.75, 3.05) is 17.8 Å². The van der Waals surface area contributed by atoms with Crippen LogP contribution in [0.1, 0.15) is 44.1 Å². The zero-order valence-electron chi connectivity index (χ0n) is 17.1. The third kappa shape index (κ3) is 5.38. The Bertz CT molecular complexity index is 977. The molecule has 0 spiro atoms. The number of primary amides is 1. The maximum Gasteiger partial charge on any atom is 0.271 e. The number of carbonyl (C=O) groups is 1. The monoisotopic (exact) mass is 435 g/mol. The van der Waals surface area contributed by atoms with Gasteiger partial charge in [0.1, 0.15) is 4.21 Å². The number of likely N-dealkylation sites (tertiary alicyclic amines) is 1. The molecule has 3 rings (SSSR count). The predicted molar refractivity (Wildman–Crippen MR) is 117 cm³/mol. The number of benzene rings is 1. The van der Waals surface area contributed by atoms with Crippen LogP contribution in [0, 0.1) is 5.92 Å². The van der Waals surface area contributed by atoms with Gasteiger partial charge in [-0.05, 0) is 48.6 Å². The first kappa shape index (κ1) is 21.8. The van der Waals surface area contributed by atoms with E-state index in [1.54, 1.807) is 12.1 Å². The number of amides is 1. The first-order valence-electron chi connectivity index (χ1n) is 9.79. The average molecular weight is 436 g/mol. The van der Waals surface area contributed by atoms with Crippen molar-refractivity contribution in [2.45, 2.75) is 49.8 Å². The summed E-state index contributed by atoms with van der Waals surface area (Å²) in [6.07, 6.45) is 1.72. The lowest BCUT2D eigenvalue weighted by Crippen LogP contribution is -2.40. The molecule has 0 saturated carbocycles. The number of rotatable bonds is 6. The first-order chi connectivity index (χ1) is 13.6. The molecule has 1 aliphatic heterocycles. The summed E-state index contributed by atoms with van der Waals surface area (Å²) in [7, 11) is -3.66. The highest BCUT2D eigenvalue weighted by molar-refractivity contribution is 7.94. The Labute approximate surface area is 177 Å². The molecule has 1 aliphatic rings. The van der Waals surface area contributed by atoms with Crippen molar-refractivity contribution < 1.29 is 13.2 Å². The second-order valence-electron chi connectivity index (χ2n) is 8.61. The molecule has 8 heteroatoms. The quantitative estimate of drug-likeness (QED) is 0.726. The van der Waals surface area contributed by atoms with Crippen molar-refractivity contribution in [2.24, 2.45) is 11.7 Å². The number of hydrogen-bond donors (Lipinski definition) is 2. The van der Waals surface area contributed by atoms with Gasteiger partial charge in [0.05, 0.1) is 11.6 Å². The van der Waals surface area contributed by atoms with Gasteiger partial charge in [-0.2, -0.15) is 0 Å². The minimum absolute atomic E-state index is 0.0957. The van der Waals surface area contributed by atoms with E-state index in [0.29, 0.717) is 23.0 Å². The number of nitrogens with zero attached hydrogens (tertiary/aromatic N) is 1. The third-order valence-corrected chi connectivity index (χ3v) is 8.52. The van der Waals surface area contributed by atoms with Gasteiger partial charge in [-0.3, -0.25) is 14.4 Å². The van der Waals surface area contributed by atoms with E-state index in [1.165, 1.54) is 11.3 Å². The van der Waals surface area contributed by atoms with Gasteiger partial charge in [0.15, 0.2) is 0 Å². The molecule has 2 aromatic rings. The number of piperidine rings is 1. The van der Waals surface area contributed by atoms with Crippen molar-refractivity contribution in [1.82, 2.24) is 4.90 Å². The number of sulfonamides is 1. The van der Waals surface area contributed by atoms with Crippen LogP contribution in [0.5, 0.6) is 0 Å². The fraction of sp³-hybridized carbons (Fsp3) is 0.476. The van der Waals surface area contributed by atoms with Gasteiger partial charge >= 0.3 is 0 Å². The van der Waals surface area contributed by atoms with Crippen LogP contribution in [0.4, 0.5) is 5.69 Å². The number of para-hydroxylation sites is 1. The van der Waals surface area contributed by atoms with Gasteiger partial charge in [-0.25, -0.2) is 8.42 Å². The standard InChI is InChI=1S/C21H29N3O3S2/c1-21(2,3)18-10-11-19(28-18)29(26,27)23-17-9-5-4-7-15(17)13-24-12-6-8-16(14-24)20(22)25/h4-5,7,9-11,16,23H,6,8,12-14H2,1-3H3,(H2,22,25). The second kappa shape index (κ2) is 8.45. The van der Waals surface area contributed by atoms with Crippen LogP contribution in [-0.2, 0) is 26.8 Å². The molecule has 158 valence electrons. The molecule has 3 N–H and O–H groups in total. The van der Waals surface area contributed by atoms with E-state index in [0.717, 1.165) is 29.8 Å². The topological polar surface area (TPSA) is 92.5 Å². The van der Waals surface area contributed by atoms with Crippen molar-refractivity contribution in [3.63, 3.8) is 0 Å². The van der Waals surface area contributed by atoms with Crippen LogP contribution in [0.25, 0.3) is 0 Å². The fourth-order valence-electron chi connectivity index (χ4n) is 3.49. The van der Waals surface area contributed by atoms with Crippen molar-refractivity contribution in [1.29, 1.82) is 0 Å². The molecular weight excluding hydrogens is 406 g/mol. The van der Waals surface area contributed by atoms with E-state index < -0.39 is 10.0 Å². The smallest absolute Gasteiger partial charge is 0.271 e. The van der Waals surface area contributed by atoms with E-state index in [-0.39, 0.29) is 17.2 Å². The highest BCUT2D eigenvalue weighted by Crippen LogP contribution is 2.33. The van der Waals surface area contributed by atoms with E-state index in [9.17, 15) is 13.2 Å². The summed E-state index contributed by atoms with van der Waals surface area (Å²) in [6, 6.07) is 11.0. The third-order valence-electron chi connectivity index (χ3n) is 5.15. The van der Waals surface area contributed by atoms with Crippen molar-refractivity contribution in [3.05, 3.63) is 46.8 Å². The Morgan fingerprint density at radius 1 is 1.24 bits per heavy atom. The van der Waals surface area contributed by atoms with Gasteiger partial charge < -0.3 is 5.73 Å². The molecule has 2 heterocycles. The summed E-state index contributed by atoms with van der Waals surface area (Å²) < 4.78 is 29.0. The van der Waals surface area contributed by atoms with Crippen molar-refractivity contribution in [3.8, 4) is 0 Å². The van der Waals surface area contributed by atoms with Crippen molar-refractivity contribution >= 4 is 33.0 Å². The van der Waals surface area contributed by atoms with Gasteiger partial charge in [-0.1, -0.05) is 39.0 Å². The van der Waals surface area contributed by atoms with Gasteiger partial charge in [-0.15, -0.1) is 11.3 Å². The van der Waals surface area contributed by atoms with Gasteiger partial charge in [0.25, 0.3) is 10.0 Å². The molecule has 1 amide bonds. The summed E-state index contributed by atoms with van der Waals surface area (Å²) in [5.41, 5.74) is 6.83. The molecule has 1 saturated heterocycles. The largest absolute Gasteiger partial charge is 0.369 e. The Morgan fingerprint density at radius 2 is 1.97 bits per heavy atom. The van der Waals surface area contributed by atoms with E-state index >= 15 is 0 Å². The maximum atomic E-state index is 13.0. The van der Waals surface area contributed by atoms with Crippen LogP contribution in [0.2, 0.25) is 0 Å². The van der Waals surface area contributed by atoms with E-state index in [1.807, 2.05) is 24.3 Å². The van der Waals surface area contributed by atoms with Crippen LogP contribution in [0.15, 0.2) is 40.6 Å². The number of hydrogen-bond acceptors (Lipinski definition) is 5. The molecule has 1 fully saturated rings. The number of anilines is 1. The van der Waals surface area contributed by atoms with E-state index in [2.05, 4.69) is 30.4 Å². The van der Waals surface area contributed by atoms with Crippen LogP contribution < -0.4 is 10.5 Å². The second-order valence-corrected chi connectivity index (χ2v) is 11.6. The van der Waals surface area contributed by atoms with Gasteiger partial charge in [0.2, 0.25) is 5.91 Å². The number of nitrogens with one attached hydrogen (secondary N) is 1. The molecule has 29 heavy (non-hydrogen) atoms. The summed E-state index contributed by atoms with van der Waals surface area (Å²) in [4.78, 5) is 14.7. The van der Waals surface area contributed by atoms with Crippen LogP contribution in [-0.4, -0.2) is 32.3 Å². The van der Waals surface area contributed by atoms with Crippen LogP contribution in [0.3, 0.4) is 0 Å². The Hall–Kier alpha value is -1.90. The normalized spacial score (nSPS) is 18.5. The number of thiophene rings is 1. The fourth-order valence-corrected chi connectivity index (χ4v) is 5.96. The lowest BCUT2D eigenvalue weighted by molar-refractivity contribution is -0.123. The highest BCUT2D eigenvalue weighted by Gasteiger charge is 2.26. The highest BCUT2D eigenvalue weighted by atomic mass is 32.2. The average Bonchev–Trinajstić information content (AvgIpc) is 3.15. The molecule has 1 aromatic heterocycles. The molecule has 0 bridgehead atoms. The zero-order chi connectivity index (χ0) is 21.2. The summed E-state index contributed by atoms with van der Waals surface area (Å²) in [6.45, 7) is 8.24. The number of carbonyl (C=O) groups excluding carboxylic acids is 1. The molecule has 0 radical (unpaired) electrons. The number of nitrogens with two attached hydrogens (primary N) is 1. The minimum atomic E-state index is -3.66. The Morgan fingerprint density at radius 3 is 2.62 bits per heavy atom. The SMILES string of the molecule is CC(C)(C)c1ccc(S(=O)(=O)Nc2ccccc2CN2CCCC(C(N)=O)C2)s1. The summed E-state index contributed by atoms with van der Waals surface area (Å²) in [5.74, 6) is -0.412. The minimum Gasteiger partial charge on any atom is -0.369 e. The maximum absolute atomic E-state index is 13.0. The Kier molecular flexibility index (Phi) is 6.36. The molecular formula is C21H29N3O3S2. The molecule has 1 unspecified atom stereocenters. The predicted octanol–water partition coefficient (Wildman–Crippen LogP) is 3.54. The molecule has 0 aliphatic carbocycles. The first-order valence-corrected chi connectivity index (χ1v) is 12.1. The zero-order valence-corrected chi connectivity index (χ0v) is 18.8. The lowest BCUT2D eigenvalue weighted by atomic mass is 9.95. The Balaban J connectivity index is 1.78.